The van der Waals surface area contributed by atoms with Crippen molar-refractivity contribution in [3.8, 4) is 0 Å². The molecule has 0 unspecified atom stereocenters. The molecule has 0 N–H and O–H groups in total. The largest absolute Gasteiger partial charge is 0.302 e. The number of rotatable bonds is 4. The van der Waals surface area contributed by atoms with Gasteiger partial charge in [-0.1, -0.05) is 54.6 Å². The van der Waals surface area contributed by atoms with Crippen molar-refractivity contribution < 1.29 is 0 Å². The van der Waals surface area contributed by atoms with E-state index in [2.05, 4.69) is 64.4 Å². The van der Waals surface area contributed by atoms with Crippen LogP contribution in [-0.4, -0.2) is 49.1 Å². The molecule has 2 nitrogen and oxygen atoms in total. The lowest BCUT2D eigenvalue weighted by atomic mass is 9.79. The van der Waals surface area contributed by atoms with Crippen LogP contribution in [0, 0.1) is 5.92 Å². The van der Waals surface area contributed by atoms with Crippen LogP contribution in [0.15, 0.2) is 54.6 Å². The van der Waals surface area contributed by atoms with E-state index in [9.17, 15) is 0 Å². The maximum Gasteiger partial charge on any atom is 0.0138 e. The Hall–Kier alpha value is -1.64. The standard InChI is InChI=1S/C24H30N2/c1-2-8-19(9-3-1)24-22-11-5-4-10-20(22)21-12-15-26(18-23(21)24)17-16-25-13-6-7-14-25/h1-5,8-11,21,23-24H,6-7,12-18H2/t21-,23-,24+/m0/s1. The summed E-state index contributed by atoms with van der Waals surface area (Å²) in [6, 6.07) is 20.5. The minimum absolute atomic E-state index is 0.576. The molecular weight excluding hydrogens is 316 g/mol. The van der Waals surface area contributed by atoms with Crippen molar-refractivity contribution in [3.63, 3.8) is 0 Å². The fourth-order valence-electron chi connectivity index (χ4n) is 5.72. The van der Waals surface area contributed by atoms with Gasteiger partial charge in [0.25, 0.3) is 0 Å². The van der Waals surface area contributed by atoms with E-state index in [1.165, 1.54) is 64.1 Å². The van der Waals surface area contributed by atoms with Crippen molar-refractivity contribution in [3.05, 3.63) is 71.3 Å². The van der Waals surface area contributed by atoms with Crippen LogP contribution in [0.2, 0.25) is 0 Å². The van der Waals surface area contributed by atoms with E-state index >= 15 is 0 Å². The van der Waals surface area contributed by atoms with Crippen LogP contribution < -0.4 is 0 Å². The van der Waals surface area contributed by atoms with Crippen LogP contribution in [0.5, 0.6) is 0 Å². The molecule has 2 aliphatic heterocycles. The Morgan fingerprint density at radius 2 is 1.42 bits per heavy atom. The average Bonchev–Trinajstić information content (AvgIpc) is 3.32. The third-order valence-electron chi connectivity index (χ3n) is 6.99. The number of fused-ring (bicyclic) bond motifs is 3. The second kappa shape index (κ2) is 7.17. The summed E-state index contributed by atoms with van der Waals surface area (Å²) in [4.78, 5) is 5.41. The summed E-state index contributed by atoms with van der Waals surface area (Å²) in [6.07, 6.45) is 4.12. The molecule has 5 rings (SSSR count). The zero-order valence-corrected chi connectivity index (χ0v) is 15.7. The highest BCUT2D eigenvalue weighted by molar-refractivity contribution is 5.46. The number of hydrogen-bond donors (Lipinski definition) is 0. The molecule has 2 saturated heterocycles. The van der Waals surface area contributed by atoms with Gasteiger partial charge in [0, 0.05) is 25.6 Å². The highest BCUT2D eigenvalue weighted by Gasteiger charge is 2.43. The summed E-state index contributed by atoms with van der Waals surface area (Å²) < 4.78 is 0. The van der Waals surface area contributed by atoms with Gasteiger partial charge in [-0.15, -0.1) is 0 Å². The topological polar surface area (TPSA) is 6.48 Å². The van der Waals surface area contributed by atoms with Gasteiger partial charge in [0.1, 0.15) is 0 Å². The molecule has 1 aliphatic carbocycles. The maximum absolute atomic E-state index is 2.75. The first kappa shape index (κ1) is 16.5. The van der Waals surface area contributed by atoms with Gasteiger partial charge in [0.05, 0.1) is 0 Å². The van der Waals surface area contributed by atoms with Crippen LogP contribution in [0.1, 0.15) is 47.8 Å². The van der Waals surface area contributed by atoms with E-state index in [0.717, 1.165) is 11.8 Å². The Morgan fingerprint density at radius 1 is 0.731 bits per heavy atom. The minimum atomic E-state index is 0.576. The first-order valence-corrected chi connectivity index (χ1v) is 10.5. The van der Waals surface area contributed by atoms with Gasteiger partial charge in [-0.25, -0.2) is 0 Å². The predicted octanol–water partition coefficient (Wildman–Crippen LogP) is 4.33. The lowest BCUT2D eigenvalue weighted by molar-refractivity contribution is 0.139. The molecule has 2 fully saturated rings. The van der Waals surface area contributed by atoms with E-state index < -0.39 is 0 Å². The highest BCUT2D eigenvalue weighted by Crippen LogP contribution is 2.52. The highest BCUT2D eigenvalue weighted by atomic mass is 15.2. The number of piperidine rings is 1. The van der Waals surface area contributed by atoms with Gasteiger partial charge in [-0.05, 0) is 67.4 Å². The van der Waals surface area contributed by atoms with E-state index in [0.29, 0.717) is 5.92 Å². The molecule has 0 aromatic heterocycles. The monoisotopic (exact) mass is 346 g/mol. The molecule has 136 valence electrons. The summed E-state index contributed by atoms with van der Waals surface area (Å²) in [6.45, 7) is 7.68. The first-order valence-electron chi connectivity index (χ1n) is 10.5. The van der Waals surface area contributed by atoms with Crippen LogP contribution in [-0.2, 0) is 0 Å². The van der Waals surface area contributed by atoms with E-state index in [4.69, 9.17) is 0 Å². The van der Waals surface area contributed by atoms with Crippen molar-refractivity contribution in [2.75, 3.05) is 39.3 Å². The Kier molecular flexibility index (Phi) is 4.56. The Morgan fingerprint density at radius 3 is 2.23 bits per heavy atom. The smallest absolute Gasteiger partial charge is 0.0138 e. The molecular formula is C24H30N2. The normalized spacial score (nSPS) is 28.8. The van der Waals surface area contributed by atoms with Crippen LogP contribution in [0.4, 0.5) is 0 Å². The molecule has 0 saturated carbocycles. The summed E-state index contributed by atoms with van der Waals surface area (Å²) >= 11 is 0. The summed E-state index contributed by atoms with van der Waals surface area (Å²) in [7, 11) is 0. The molecule has 2 heterocycles. The van der Waals surface area contributed by atoms with Crippen LogP contribution >= 0.6 is 0 Å². The molecule has 3 atom stereocenters. The van der Waals surface area contributed by atoms with Crippen molar-refractivity contribution in [1.29, 1.82) is 0 Å². The van der Waals surface area contributed by atoms with E-state index in [1.54, 1.807) is 11.1 Å². The Bertz CT molecular complexity index is 735. The van der Waals surface area contributed by atoms with Crippen molar-refractivity contribution in [1.82, 2.24) is 9.80 Å². The summed E-state index contributed by atoms with van der Waals surface area (Å²) in [5.74, 6) is 2.06. The Labute approximate surface area is 157 Å². The number of benzene rings is 2. The Balaban J connectivity index is 1.37. The van der Waals surface area contributed by atoms with Crippen LogP contribution in [0.3, 0.4) is 0 Å². The molecule has 0 amide bonds. The predicted molar refractivity (Wildman–Crippen MR) is 108 cm³/mol. The molecule has 0 bridgehead atoms. The molecule has 0 radical (unpaired) electrons. The third kappa shape index (κ3) is 3.00. The van der Waals surface area contributed by atoms with Gasteiger partial charge in [-0.2, -0.15) is 0 Å². The molecule has 0 spiro atoms. The molecule has 26 heavy (non-hydrogen) atoms. The fourth-order valence-corrected chi connectivity index (χ4v) is 5.72. The van der Waals surface area contributed by atoms with Gasteiger partial charge in [-0.3, -0.25) is 0 Å². The van der Waals surface area contributed by atoms with Crippen molar-refractivity contribution in [2.45, 2.75) is 31.1 Å². The molecule has 2 heteroatoms. The zero-order chi connectivity index (χ0) is 17.3. The first-order chi connectivity index (χ1) is 12.9. The van der Waals surface area contributed by atoms with Gasteiger partial charge < -0.3 is 9.80 Å². The lowest BCUT2D eigenvalue weighted by Crippen LogP contribution is -2.43. The molecule has 3 aliphatic rings. The second-order valence-corrected chi connectivity index (χ2v) is 8.43. The summed E-state index contributed by atoms with van der Waals surface area (Å²) in [5.41, 5.74) is 4.73. The van der Waals surface area contributed by atoms with E-state index in [-0.39, 0.29) is 0 Å². The maximum atomic E-state index is 2.75. The fraction of sp³-hybridized carbons (Fsp3) is 0.500. The number of nitrogens with zero attached hydrogens (tertiary/aromatic N) is 2. The van der Waals surface area contributed by atoms with Gasteiger partial charge in [0.15, 0.2) is 0 Å². The quantitative estimate of drug-likeness (QED) is 0.813. The van der Waals surface area contributed by atoms with Crippen molar-refractivity contribution >= 4 is 0 Å². The molecule has 2 aromatic carbocycles. The minimum Gasteiger partial charge on any atom is -0.302 e. The van der Waals surface area contributed by atoms with Gasteiger partial charge in [0.2, 0.25) is 0 Å². The third-order valence-corrected chi connectivity index (χ3v) is 6.99. The average molecular weight is 347 g/mol. The van der Waals surface area contributed by atoms with Crippen molar-refractivity contribution in [2.24, 2.45) is 5.92 Å². The zero-order valence-electron chi connectivity index (χ0n) is 15.7. The number of hydrogen-bond acceptors (Lipinski definition) is 2. The molecule has 2 aromatic rings. The number of likely N-dealkylation sites (tertiary alicyclic amines) is 2. The van der Waals surface area contributed by atoms with Gasteiger partial charge >= 0.3 is 0 Å². The lowest BCUT2D eigenvalue weighted by Gasteiger charge is -2.38. The second-order valence-electron chi connectivity index (χ2n) is 8.43. The van der Waals surface area contributed by atoms with Crippen LogP contribution in [0.25, 0.3) is 0 Å². The van der Waals surface area contributed by atoms with E-state index in [1.807, 2.05) is 0 Å². The SMILES string of the molecule is c1ccc([C@@H]2c3ccccc3[C@@H]3CCN(CCN4CCCC4)C[C@H]23)cc1. The summed E-state index contributed by atoms with van der Waals surface area (Å²) in [5, 5.41) is 0.